The van der Waals surface area contributed by atoms with Crippen LogP contribution in [0.3, 0.4) is 0 Å². The fraction of sp³-hybridized carbons (Fsp3) is 0.294. The molecule has 1 N–H and O–H groups in total. The molecule has 0 spiro atoms. The number of hydrogen-bond acceptors (Lipinski definition) is 5. The van der Waals surface area contributed by atoms with Gasteiger partial charge in [0, 0.05) is 11.6 Å². The van der Waals surface area contributed by atoms with E-state index in [0.29, 0.717) is 17.1 Å². The summed E-state index contributed by atoms with van der Waals surface area (Å²) in [5.41, 5.74) is 1.09. The molecule has 120 valence electrons. The van der Waals surface area contributed by atoms with Crippen LogP contribution < -0.4 is 10.1 Å². The van der Waals surface area contributed by atoms with Crippen LogP contribution in [-0.4, -0.2) is 19.0 Å². The Morgan fingerprint density at radius 1 is 1.22 bits per heavy atom. The average molecular weight is 315 g/mol. The third-order valence-corrected chi connectivity index (χ3v) is 3.59. The largest absolute Gasteiger partial charge is 0.486 e. The predicted molar refractivity (Wildman–Crippen MR) is 82.2 cm³/mol. The maximum atomic E-state index is 11.7. The first-order chi connectivity index (χ1) is 11.2. The number of amides is 1. The summed E-state index contributed by atoms with van der Waals surface area (Å²) in [5.74, 6) is 0.790. The fourth-order valence-electron chi connectivity index (χ4n) is 2.12. The molecule has 6 heteroatoms. The second-order valence-electron chi connectivity index (χ2n) is 5.33. The summed E-state index contributed by atoms with van der Waals surface area (Å²) in [6, 6.07) is 8.60. The molecule has 1 aromatic heterocycles. The molecule has 23 heavy (non-hydrogen) atoms. The zero-order chi connectivity index (χ0) is 16.2. The number of anilines is 1. The van der Waals surface area contributed by atoms with Gasteiger partial charge in [0.05, 0.1) is 13.4 Å². The number of hydrogen-bond donors (Lipinski definition) is 1. The highest BCUT2D eigenvalue weighted by molar-refractivity contribution is 5.94. The van der Waals surface area contributed by atoms with E-state index in [1.54, 1.807) is 30.3 Å². The number of benzene rings is 1. The topological polar surface area (TPSA) is 77.8 Å². The summed E-state index contributed by atoms with van der Waals surface area (Å²) in [5, 5.41) is 2.86. The zero-order valence-electron chi connectivity index (χ0n) is 12.7. The molecular formula is C17H17NO5. The summed E-state index contributed by atoms with van der Waals surface area (Å²) < 4.78 is 15.5. The minimum absolute atomic E-state index is 0.0666. The quantitative estimate of drug-likeness (QED) is 0.829. The summed E-state index contributed by atoms with van der Waals surface area (Å²) in [4.78, 5) is 23.2. The maximum absolute atomic E-state index is 11.7. The smallest absolute Gasteiger partial charge is 0.341 e. The van der Waals surface area contributed by atoms with Gasteiger partial charge in [0.1, 0.15) is 17.9 Å². The lowest BCUT2D eigenvalue weighted by Gasteiger charge is -2.08. The number of nitrogens with one attached hydrogen (secondary N) is 1. The first-order valence-electron chi connectivity index (χ1n) is 7.36. The number of carbonyl (C=O) groups is 2. The second-order valence-corrected chi connectivity index (χ2v) is 5.33. The van der Waals surface area contributed by atoms with Gasteiger partial charge in [0.2, 0.25) is 5.91 Å². The van der Waals surface area contributed by atoms with Gasteiger partial charge >= 0.3 is 5.97 Å². The molecule has 1 amide bonds. The molecule has 1 heterocycles. The Morgan fingerprint density at radius 2 is 1.96 bits per heavy atom. The maximum Gasteiger partial charge on any atom is 0.341 e. The third-order valence-electron chi connectivity index (χ3n) is 3.59. The first-order valence-corrected chi connectivity index (χ1v) is 7.36. The number of ether oxygens (including phenoxy) is 2. The second kappa shape index (κ2) is 6.56. The van der Waals surface area contributed by atoms with E-state index in [0.717, 1.165) is 18.5 Å². The van der Waals surface area contributed by atoms with Crippen LogP contribution in [0.1, 0.15) is 29.0 Å². The Balaban J connectivity index is 1.57. The van der Waals surface area contributed by atoms with Gasteiger partial charge in [-0.05, 0) is 43.2 Å². The van der Waals surface area contributed by atoms with E-state index >= 15 is 0 Å². The van der Waals surface area contributed by atoms with Crippen molar-refractivity contribution in [2.45, 2.75) is 19.4 Å². The van der Waals surface area contributed by atoms with Crippen LogP contribution in [-0.2, 0) is 16.1 Å². The standard InChI is InChI=1S/C17H17NO5/c1-21-17(20)14-8-9-22-15(14)10-23-13-6-4-12(5-7-13)18-16(19)11-2-3-11/h4-9,11H,2-3,10H2,1H3,(H,18,19). The highest BCUT2D eigenvalue weighted by atomic mass is 16.5. The Bertz CT molecular complexity index is 700. The predicted octanol–water partition coefficient (Wildman–Crippen LogP) is 2.99. The van der Waals surface area contributed by atoms with Crippen LogP contribution in [0.2, 0.25) is 0 Å². The number of esters is 1. The number of carbonyl (C=O) groups excluding carboxylic acids is 2. The SMILES string of the molecule is COC(=O)c1ccoc1COc1ccc(NC(=O)C2CC2)cc1. The third kappa shape index (κ3) is 3.71. The fourth-order valence-corrected chi connectivity index (χ4v) is 2.12. The summed E-state index contributed by atoms with van der Waals surface area (Å²) in [6.45, 7) is 0.116. The molecule has 0 atom stereocenters. The van der Waals surface area contributed by atoms with Crippen molar-refractivity contribution in [3.8, 4) is 5.75 Å². The molecule has 0 aliphatic heterocycles. The van der Waals surface area contributed by atoms with Crippen molar-refractivity contribution in [1.29, 1.82) is 0 Å². The van der Waals surface area contributed by atoms with Crippen molar-refractivity contribution in [3.05, 3.63) is 47.9 Å². The molecular weight excluding hydrogens is 298 g/mol. The molecule has 0 unspecified atom stereocenters. The number of furan rings is 1. The van der Waals surface area contributed by atoms with Gasteiger partial charge in [-0.15, -0.1) is 0 Å². The summed E-state index contributed by atoms with van der Waals surface area (Å²) in [6.07, 6.45) is 3.36. The van der Waals surface area contributed by atoms with Crippen molar-refractivity contribution in [2.75, 3.05) is 12.4 Å². The molecule has 6 nitrogen and oxygen atoms in total. The van der Waals surface area contributed by atoms with Crippen molar-refractivity contribution >= 4 is 17.6 Å². The highest BCUT2D eigenvalue weighted by Gasteiger charge is 2.29. The Labute approximate surface area is 133 Å². The number of rotatable bonds is 6. The molecule has 1 fully saturated rings. The molecule has 1 aromatic carbocycles. The van der Waals surface area contributed by atoms with Crippen molar-refractivity contribution < 1.29 is 23.5 Å². The van der Waals surface area contributed by atoms with Gasteiger partial charge in [-0.3, -0.25) is 4.79 Å². The van der Waals surface area contributed by atoms with E-state index in [4.69, 9.17) is 9.15 Å². The number of methoxy groups -OCH3 is 1. The summed E-state index contributed by atoms with van der Waals surface area (Å²) in [7, 11) is 1.31. The van der Waals surface area contributed by atoms with E-state index in [1.807, 2.05) is 0 Å². The van der Waals surface area contributed by atoms with E-state index in [1.165, 1.54) is 13.4 Å². The molecule has 0 bridgehead atoms. The van der Waals surface area contributed by atoms with Gasteiger partial charge in [-0.1, -0.05) is 0 Å². The van der Waals surface area contributed by atoms with Gasteiger partial charge in [0.25, 0.3) is 0 Å². The minimum Gasteiger partial charge on any atom is -0.486 e. The van der Waals surface area contributed by atoms with Gasteiger partial charge in [0.15, 0.2) is 5.76 Å². The lowest BCUT2D eigenvalue weighted by atomic mass is 10.2. The van der Waals surface area contributed by atoms with Crippen LogP contribution in [0, 0.1) is 5.92 Å². The molecule has 2 aromatic rings. The van der Waals surface area contributed by atoms with Crippen LogP contribution in [0.25, 0.3) is 0 Å². The van der Waals surface area contributed by atoms with Gasteiger partial charge < -0.3 is 19.2 Å². The minimum atomic E-state index is -0.463. The van der Waals surface area contributed by atoms with Gasteiger partial charge in [-0.2, -0.15) is 0 Å². The van der Waals surface area contributed by atoms with Crippen LogP contribution in [0.15, 0.2) is 41.0 Å². The van der Waals surface area contributed by atoms with E-state index in [9.17, 15) is 9.59 Å². The Hall–Kier alpha value is -2.76. The van der Waals surface area contributed by atoms with Gasteiger partial charge in [-0.25, -0.2) is 4.79 Å². The highest BCUT2D eigenvalue weighted by Crippen LogP contribution is 2.30. The molecule has 0 saturated heterocycles. The van der Waals surface area contributed by atoms with E-state index in [2.05, 4.69) is 10.1 Å². The van der Waals surface area contributed by atoms with Crippen molar-refractivity contribution in [2.24, 2.45) is 5.92 Å². The van der Waals surface area contributed by atoms with E-state index in [-0.39, 0.29) is 18.4 Å². The first kappa shape index (κ1) is 15.1. The Kier molecular flexibility index (Phi) is 4.32. The van der Waals surface area contributed by atoms with Crippen LogP contribution in [0.4, 0.5) is 5.69 Å². The van der Waals surface area contributed by atoms with Crippen molar-refractivity contribution in [3.63, 3.8) is 0 Å². The average Bonchev–Trinajstić information content (AvgIpc) is 3.32. The van der Waals surface area contributed by atoms with Crippen LogP contribution >= 0.6 is 0 Å². The van der Waals surface area contributed by atoms with Crippen molar-refractivity contribution in [1.82, 2.24) is 0 Å². The lowest BCUT2D eigenvalue weighted by molar-refractivity contribution is -0.117. The monoisotopic (exact) mass is 315 g/mol. The molecule has 1 saturated carbocycles. The zero-order valence-corrected chi connectivity index (χ0v) is 12.7. The summed E-state index contributed by atoms with van der Waals surface area (Å²) >= 11 is 0. The molecule has 3 rings (SSSR count). The molecule has 1 aliphatic carbocycles. The Morgan fingerprint density at radius 3 is 2.61 bits per heavy atom. The normalized spacial score (nSPS) is 13.4. The van der Waals surface area contributed by atoms with E-state index < -0.39 is 5.97 Å². The molecule has 1 aliphatic rings. The molecule has 0 radical (unpaired) electrons. The lowest BCUT2D eigenvalue weighted by Crippen LogP contribution is -2.13. The van der Waals surface area contributed by atoms with Crippen LogP contribution in [0.5, 0.6) is 5.75 Å².